The largest absolute Gasteiger partial charge is 0.433 e. The summed E-state index contributed by atoms with van der Waals surface area (Å²) in [5, 5.41) is 2.61. The van der Waals surface area contributed by atoms with E-state index in [2.05, 4.69) is 21.4 Å². The molecule has 0 bridgehead atoms. The van der Waals surface area contributed by atoms with Gasteiger partial charge < -0.3 is 5.32 Å². The first kappa shape index (κ1) is 16.5. The molecule has 22 heavy (non-hydrogen) atoms. The molecule has 4 nitrogen and oxygen atoms in total. The van der Waals surface area contributed by atoms with E-state index in [4.69, 9.17) is 0 Å². The maximum Gasteiger partial charge on any atom is 0.433 e. The maximum atomic E-state index is 12.7. The van der Waals surface area contributed by atoms with Gasteiger partial charge >= 0.3 is 6.18 Å². The topological polar surface area (TPSA) is 54.9 Å². The Hall–Kier alpha value is -1.92. The van der Waals surface area contributed by atoms with Gasteiger partial charge in [-0.1, -0.05) is 11.6 Å². The lowest BCUT2D eigenvalue weighted by Crippen LogP contribution is -2.27. The van der Waals surface area contributed by atoms with Crippen molar-refractivity contribution in [3.8, 4) is 0 Å². The number of carbonyl (C=O) groups is 1. The predicted molar refractivity (Wildman–Crippen MR) is 75.3 cm³/mol. The average Bonchev–Trinajstić information content (AvgIpc) is 2.46. The minimum absolute atomic E-state index is 0.0741. The average molecular weight is 313 g/mol. The van der Waals surface area contributed by atoms with Gasteiger partial charge in [-0.3, -0.25) is 4.79 Å². The minimum Gasteiger partial charge on any atom is -0.350 e. The number of amides is 1. The van der Waals surface area contributed by atoms with Gasteiger partial charge in [0, 0.05) is 12.6 Å². The number of halogens is 3. The zero-order chi connectivity index (χ0) is 16.2. The molecule has 0 saturated heterocycles. The van der Waals surface area contributed by atoms with Crippen molar-refractivity contribution in [2.24, 2.45) is 0 Å². The van der Waals surface area contributed by atoms with Gasteiger partial charge in [0.15, 0.2) is 0 Å². The van der Waals surface area contributed by atoms with Crippen molar-refractivity contribution in [1.29, 1.82) is 0 Å². The van der Waals surface area contributed by atoms with Crippen molar-refractivity contribution in [2.45, 2.75) is 45.2 Å². The molecule has 120 valence electrons. The summed E-state index contributed by atoms with van der Waals surface area (Å²) in [5.41, 5.74) is -0.0565. The van der Waals surface area contributed by atoms with Gasteiger partial charge in [-0.25, -0.2) is 9.97 Å². The zero-order valence-electron chi connectivity index (χ0n) is 12.3. The smallest absolute Gasteiger partial charge is 0.350 e. The molecule has 0 aliphatic heterocycles. The molecule has 0 unspecified atom stereocenters. The number of alkyl halides is 3. The Balaban J connectivity index is 1.97. The van der Waals surface area contributed by atoms with Crippen LogP contribution in [0.3, 0.4) is 0 Å². The molecule has 0 aromatic carbocycles. The molecule has 2 rings (SSSR count). The number of aromatic nitrogens is 2. The van der Waals surface area contributed by atoms with E-state index in [1.54, 1.807) is 0 Å². The molecule has 0 radical (unpaired) electrons. The highest BCUT2D eigenvalue weighted by atomic mass is 19.4. The van der Waals surface area contributed by atoms with Gasteiger partial charge in [-0.05, 0) is 39.0 Å². The lowest BCUT2D eigenvalue weighted by Gasteiger charge is -2.13. The number of nitrogens with zero attached hydrogens (tertiary/aromatic N) is 2. The third-order valence-corrected chi connectivity index (χ3v) is 3.48. The van der Waals surface area contributed by atoms with Gasteiger partial charge in [0.2, 0.25) is 0 Å². The van der Waals surface area contributed by atoms with Gasteiger partial charge in [-0.2, -0.15) is 13.2 Å². The van der Waals surface area contributed by atoms with Crippen molar-refractivity contribution < 1.29 is 18.0 Å². The van der Waals surface area contributed by atoms with E-state index >= 15 is 0 Å². The fourth-order valence-corrected chi connectivity index (χ4v) is 2.39. The Kier molecular flexibility index (Phi) is 5.15. The number of carbonyl (C=O) groups excluding carboxylic acids is 1. The standard InChI is InChI=1S/C15H18F3N3O/c1-10-20-12(9-13(21-10)15(16,17)18)14(22)19-8-7-11-5-3-2-4-6-11/h5,9H,2-4,6-8H2,1H3,(H,19,22). The van der Waals surface area contributed by atoms with E-state index in [-0.39, 0.29) is 11.5 Å². The summed E-state index contributed by atoms with van der Waals surface area (Å²) in [7, 11) is 0. The van der Waals surface area contributed by atoms with Crippen molar-refractivity contribution >= 4 is 5.91 Å². The fraction of sp³-hybridized carbons (Fsp3) is 0.533. The second-order valence-corrected chi connectivity index (χ2v) is 5.30. The second-order valence-electron chi connectivity index (χ2n) is 5.30. The molecule has 0 atom stereocenters. The summed E-state index contributed by atoms with van der Waals surface area (Å²) in [6, 6.07) is 0.683. The monoisotopic (exact) mass is 313 g/mol. The first-order valence-electron chi connectivity index (χ1n) is 7.25. The van der Waals surface area contributed by atoms with Crippen LogP contribution in [0.25, 0.3) is 0 Å². The molecule has 1 aliphatic rings. The molecule has 0 saturated carbocycles. The van der Waals surface area contributed by atoms with Crippen molar-refractivity contribution in [3.63, 3.8) is 0 Å². The quantitative estimate of drug-likeness (QED) is 0.867. The van der Waals surface area contributed by atoms with Crippen LogP contribution in [0.5, 0.6) is 0 Å². The van der Waals surface area contributed by atoms with Crippen LogP contribution in [-0.2, 0) is 6.18 Å². The van der Waals surface area contributed by atoms with E-state index in [0.717, 1.165) is 25.7 Å². The molecule has 0 fully saturated rings. The number of aryl methyl sites for hydroxylation is 1. The molecular formula is C15H18F3N3O. The fourth-order valence-electron chi connectivity index (χ4n) is 2.39. The van der Waals surface area contributed by atoms with Gasteiger partial charge in [0.25, 0.3) is 5.91 Å². The summed E-state index contributed by atoms with van der Waals surface area (Å²) in [6.45, 7) is 1.73. The second kappa shape index (κ2) is 6.89. The SMILES string of the molecule is Cc1nc(C(=O)NCCC2=CCCCC2)cc(C(F)(F)F)n1. The number of rotatable bonds is 4. The third-order valence-electron chi connectivity index (χ3n) is 3.48. The molecule has 1 amide bonds. The molecule has 1 aliphatic carbocycles. The summed E-state index contributed by atoms with van der Waals surface area (Å²) in [4.78, 5) is 19.0. The molecule has 0 spiro atoms. The van der Waals surface area contributed by atoms with E-state index < -0.39 is 17.8 Å². The Morgan fingerprint density at radius 2 is 2.09 bits per heavy atom. The lowest BCUT2D eigenvalue weighted by molar-refractivity contribution is -0.141. The Labute approximate surface area is 126 Å². The normalized spacial score (nSPS) is 15.4. The van der Waals surface area contributed by atoms with Gasteiger partial charge in [0.05, 0.1) is 0 Å². The number of nitrogens with one attached hydrogen (secondary N) is 1. The molecule has 7 heteroatoms. The molecule has 1 heterocycles. The van der Waals surface area contributed by atoms with Crippen LogP contribution in [-0.4, -0.2) is 22.4 Å². The summed E-state index contributed by atoms with van der Waals surface area (Å²) in [6.07, 6.45) is 2.74. The van der Waals surface area contributed by atoms with Crippen LogP contribution in [0.15, 0.2) is 17.7 Å². The summed E-state index contributed by atoms with van der Waals surface area (Å²) < 4.78 is 38.0. The van der Waals surface area contributed by atoms with Gasteiger partial charge in [0.1, 0.15) is 17.2 Å². The van der Waals surface area contributed by atoms with Crippen LogP contribution in [0.4, 0.5) is 13.2 Å². The lowest BCUT2D eigenvalue weighted by atomic mass is 9.97. The van der Waals surface area contributed by atoms with E-state index in [1.807, 2.05) is 0 Å². The maximum absolute atomic E-state index is 12.7. The highest BCUT2D eigenvalue weighted by Crippen LogP contribution is 2.27. The van der Waals surface area contributed by atoms with E-state index in [0.29, 0.717) is 12.6 Å². The molecule has 1 N–H and O–H groups in total. The highest BCUT2D eigenvalue weighted by molar-refractivity contribution is 5.92. The number of hydrogen-bond acceptors (Lipinski definition) is 3. The number of allylic oxidation sites excluding steroid dienone is 1. The van der Waals surface area contributed by atoms with E-state index in [9.17, 15) is 18.0 Å². The number of hydrogen-bond donors (Lipinski definition) is 1. The molecule has 1 aromatic rings. The zero-order valence-corrected chi connectivity index (χ0v) is 12.3. The van der Waals surface area contributed by atoms with E-state index in [1.165, 1.54) is 18.9 Å². The third kappa shape index (κ3) is 4.54. The predicted octanol–water partition coefficient (Wildman–Crippen LogP) is 3.42. The Morgan fingerprint density at radius 3 is 2.73 bits per heavy atom. The van der Waals surface area contributed by atoms with Crippen molar-refractivity contribution in [3.05, 3.63) is 34.9 Å². The highest BCUT2D eigenvalue weighted by Gasteiger charge is 2.33. The van der Waals surface area contributed by atoms with Gasteiger partial charge in [-0.15, -0.1) is 0 Å². The summed E-state index contributed by atoms with van der Waals surface area (Å²) in [5.74, 6) is -0.678. The van der Waals surface area contributed by atoms with Crippen molar-refractivity contribution in [2.75, 3.05) is 6.54 Å². The van der Waals surface area contributed by atoms with Crippen LogP contribution < -0.4 is 5.32 Å². The molecular weight excluding hydrogens is 295 g/mol. The van der Waals surface area contributed by atoms with Crippen LogP contribution in [0, 0.1) is 6.92 Å². The molecule has 1 aromatic heterocycles. The van der Waals surface area contributed by atoms with Crippen molar-refractivity contribution in [1.82, 2.24) is 15.3 Å². The first-order valence-corrected chi connectivity index (χ1v) is 7.25. The Morgan fingerprint density at radius 1 is 1.32 bits per heavy atom. The first-order chi connectivity index (χ1) is 10.4. The van der Waals surface area contributed by atoms with Crippen LogP contribution >= 0.6 is 0 Å². The van der Waals surface area contributed by atoms with Crippen LogP contribution in [0.2, 0.25) is 0 Å². The summed E-state index contributed by atoms with van der Waals surface area (Å²) >= 11 is 0. The Bertz CT molecular complexity index is 582. The minimum atomic E-state index is -4.59. The van der Waals surface area contributed by atoms with Crippen LogP contribution in [0.1, 0.15) is 54.1 Å².